The third-order valence-corrected chi connectivity index (χ3v) is 3.85. The fourth-order valence-electron chi connectivity index (χ4n) is 2.40. The van der Waals surface area contributed by atoms with Crippen LogP contribution in [0.5, 0.6) is 0 Å². The molecule has 0 saturated carbocycles. The van der Waals surface area contributed by atoms with Crippen LogP contribution in [0.2, 0.25) is 0 Å². The zero-order valence-corrected chi connectivity index (χ0v) is 13.8. The maximum Gasteiger partial charge on any atom is 0.255 e. The number of amides is 1. The lowest BCUT2D eigenvalue weighted by Gasteiger charge is -2.14. The third kappa shape index (κ3) is 3.10. The molecule has 2 nitrogen and oxygen atoms in total. The summed E-state index contributed by atoms with van der Waals surface area (Å²) in [7, 11) is 0. The highest BCUT2D eigenvalue weighted by atomic mass is 79.9. The first-order chi connectivity index (χ1) is 9.38. The Morgan fingerprint density at radius 1 is 0.950 bits per heavy atom. The number of benzene rings is 2. The highest BCUT2D eigenvalue weighted by Gasteiger charge is 2.12. The lowest BCUT2D eigenvalue weighted by atomic mass is 10.0. The van der Waals surface area contributed by atoms with Crippen LogP contribution >= 0.6 is 15.9 Å². The third-order valence-electron chi connectivity index (χ3n) is 3.36. The summed E-state index contributed by atoms with van der Waals surface area (Å²) in [6, 6.07) is 9.89. The van der Waals surface area contributed by atoms with Gasteiger partial charge in [0.25, 0.3) is 5.91 Å². The molecule has 0 aliphatic carbocycles. The quantitative estimate of drug-likeness (QED) is 0.830. The van der Waals surface area contributed by atoms with Crippen LogP contribution in [0.3, 0.4) is 0 Å². The molecule has 0 atom stereocenters. The van der Waals surface area contributed by atoms with Crippen molar-refractivity contribution in [1.82, 2.24) is 0 Å². The molecule has 0 unspecified atom stereocenters. The van der Waals surface area contributed by atoms with E-state index in [9.17, 15) is 4.79 Å². The Kier molecular flexibility index (Phi) is 4.29. The second-order valence-electron chi connectivity index (χ2n) is 5.19. The standard InChI is InChI=1S/C17H18BrNO/c1-10-7-12(3)16(13(4)8-10)19-17(20)15-9-14(18)6-5-11(15)2/h5-9H,1-4H3,(H,19,20). The molecular weight excluding hydrogens is 314 g/mol. The fourth-order valence-corrected chi connectivity index (χ4v) is 2.76. The lowest BCUT2D eigenvalue weighted by Crippen LogP contribution is -2.15. The van der Waals surface area contributed by atoms with Gasteiger partial charge in [-0.05, 0) is 56.5 Å². The Morgan fingerprint density at radius 2 is 1.55 bits per heavy atom. The van der Waals surface area contributed by atoms with E-state index in [4.69, 9.17) is 0 Å². The molecule has 0 radical (unpaired) electrons. The molecule has 1 amide bonds. The van der Waals surface area contributed by atoms with Gasteiger partial charge in [-0.25, -0.2) is 0 Å². The van der Waals surface area contributed by atoms with Crippen LogP contribution in [0.1, 0.15) is 32.6 Å². The summed E-state index contributed by atoms with van der Waals surface area (Å²) >= 11 is 3.41. The van der Waals surface area contributed by atoms with E-state index >= 15 is 0 Å². The summed E-state index contributed by atoms with van der Waals surface area (Å²) in [5, 5.41) is 3.03. The molecule has 1 N–H and O–H groups in total. The second kappa shape index (κ2) is 5.80. The monoisotopic (exact) mass is 331 g/mol. The number of rotatable bonds is 2. The largest absolute Gasteiger partial charge is 0.321 e. The SMILES string of the molecule is Cc1cc(C)c(NC(=O)c2cc(Br)ccc2C)c(C)c1. The van der Waals surface area contributed by atoms with Gasteiger partial charge in [0.2, 0.25) is 0 Å². The number of carbonyl (C=O) groups is 1. The van der Waals surface area contributed by atoms with Gasteiger partial charge in [0.05, 0.1) is 0 Å². The normalized spacial score (nSPS) is 10.4. The number of aryl methyl sites for hydroxylation is 4. The highest BCUT2D eigenvalue weighted by molar-refractivity contribution is 9.10. The van der Waals surface area contributed by atoms with E-state index in [1.807, 2.05) is 39.0 Å². The van der Waals surface area contributed by atoms with Gasteiger partial charge < -0.3 is 5.32 Å². The molecule has 20 heavy (non-hydrogen) atoms. The molecular formula is C17H18BrNO. The molecule has 2 aromatic carbocycles. The van der Waals surface area contributed by atoms with Gasteiger partial charge in [-0.1, -0.05) is 39.7 Å². The molecule has 0 saturated heterocycles. The van der Waals surface area contributed by atoms with Gasteiger partial charge in [0.1, 0.15) is 0 Å². The summed E-state index contributed by atoms with van der Waals surface area (Å²) in [5.41, 5.74) is 5.94. The minimum Gasteiger partial charge on any atom is -0.321 e. The van der Waals surface area contributed by atoms with Gasteiger partial charge >= 0.3 is 0 Å². The highest BCUT2D eigenvalue weighted by Crippen LogP contribution is 2.24. The van der Waals surface area contributed by atoms with Crippen molar-refractivity contribution >= 4 is 27.5 Å². The Hall–Kier alpha value is -1.61. The van der Waals surface area contributed by atoms with E-state index in [0.29, 0.717) is 5.56 Å². The maximum absolute atomic E-state index is 12.4. The van der Waals surface area contributed by atoms with Gasteiger partial charge in [-0.3, -0.25) is 4.79 Å². The first-order valence-electron chi connectivity index (χ1n) is 6.54. The number of anilines is 1. The molecule has 0 aromatic heterocycles. The number of hydrogen-bond acceptors (Lipinski definition) is 1. The summed E-state index contributed by atoms with van der Waals surface area (Å²) in [6.45, 7) is 8.03. The smallest absolute Gasteiger partial charge is 0.255 e. The molecule has 2 aromatic rings. The Bertz CT molecular complexity index is 654. The molecule has 0 heterocycles. The summed E-state index contributed by atoms with van der Waals surface area (Å²) in [6.07, 6.45) is 0. The van der Waals surface area contributed by atoms with Crippen molar-refractivity contribution in [2.24, 2.45) is 0 Å². The number of carbonyl (C=O) groups excluding carboxylic acids is 1. The van der Waals surface area contributed by atoms with Crippen LogP contribution in [0.15, 0.2) is 34.8 Å². The zero-order valence-electron chi connectivity index (χ0n) is 12.2. The van der Waals surface area contributed by atoms with Crippen molar-refractivity contribution in [3.63, 3.8) is 0 Å². The van der Waals surface area contributed by atoms with Crippen LogP contribution in [0.25, 0.3) is 0 Å². The Morgan fingerprint density at radius 3 is 2.15 bits per heavy atom. The first-order valence-corrected chi connectivity index (χ1v) is 7.33. The van der Waals surface area contributed by atoms with Crippen molar-refractivity contribution in [2.45, 2.75) is 27.7 Å². The van der Waals surface area contributed by atoms with Gasteiger partial charge in [-0.15, -0.1) is 0 Å². The van der Waals surface area contributed by atoms with Crippen molar-refractivity contribution < 1.29 is 4.79 Å². The molecule has 0 aliphatic heterocycles. The van der Waals surface area contributed by atoms with Crippen LogP contribution in [-0.4, -0.2) is 5.91 Å². The van der Waals surface area contributed by atoms with Crippen molar-refractivity contribution in [2.75, 3.05) is 5.32 Å². The Labute approximate surface area is 128 Å². The van der Waals surface area contributed by atoms with Gasteiger partial charge in [-0.2, -0.15) is 0 Å². The molecule has 0 fully saturated rings. The Balaban J connectivity index is 2.35. The van der Waals surface area contributed by atoms with E-state index in [0.717, 1.165) is 26.9 Å². The predicted molar refractivity (Wildman–Crippen MR) is 87.5 cm³/mol. The molecule has 0 bridgehead atoms. The van der Waals surface area contributed by atoms with Crippen LogP contribution < -0.4 is 5.32 Å². The van der Waals surface area contributed by atoms with Crippen molar-refractivity contribution in [3.8, 4) is 0 Å². The zero-order chi connectivity index (χ0) is 14.9. The lowest BCUT2D eigenvalue weighted by molar-refractivity contribution is 0.102. The van der Waals surface area contributed by atoms with Crippen LogP contribution in [0, 0.1) is 27.7 Å². The minimum absolute atomic E-state index is 0.0705. The first kappa shape index (κ1) is 14.8. The van der Waals surface area contributed by atoms with E-state index < -0.39 is 0 Å². The molecule has 0 aliphatic rings. The maximum atomic E-state index is 12.4. The topological polar surface area (TPSA) is 29.1 Å². The molecule has 104 valence electrons. The molecule has 3 heteroatoms. The average molecular weight is 332 g/mol. The number of nitrogens with one attached hydrogen (secondary N) is 1. The van der Waals surface area contributed by atoms with Crippen LogP contribution in [0.4, 0.5) is 5.69 Å². The number of hydrogen-bond donors (Lipinski definition) is 1. The molecule has 0 spiro atoms. The van der Waals surface area contributed by atoms with E-state index in [1.165, 1.54) is 5.56 Å². The van der Waals surface area contributed by atoms with Gasteiger partial charge in [0, 0.05) is 15.7 Å². The van der Waals surface area contributed by atoms with Crippen molar-refractivity contribution in [3.05, 3.63) is 62.6 Å². The van der Waals surface area contributed by atoms with Crippen molar-refractivity contribution in [1.29, 1.82) is 0 Å². The van der Waals surface area contributed by atoms with Gasteiger partial charge in [0.15, 0.2) is 0 Å². The van der Waals surface area contributed by atoms with E-state index in [-0.39, 0.29) is 5.91 Å². The van der Waals surface area contributed by atoms with Crippen LogP contribution in [-0.2, 0) is 0 Å². The minimum atomic E-state index is -0.0705. The summed E-state index contributed by atoms with van der Waals surface area (Å²) in [5.74, 6) is -0.0705. The van der Waals surface area contributed by atoms with E-state index in [2.05, 4.69) is 40.3 Å². The summed E-state index contributed by atoms with van der Waals surface area (Å²) in [4.78, 5) is 12.4. The second-order valence-corrected chi connectivity index (χ2v) is 6.10. The fraction of sp³-hybridized carbons (Fsp3) is 0.235. The predicted octanol–water partition coefficient (Wildman–Crippen LogP) is 4.94. The molecule has 2 rings (SSSR count). The number of halogens is 1. The summed E-state index contributed by atoms with van der Waals surface area (Å²) < 4.78 is 0.908. The average Bonchev–Trinajstić information content (AvgIpc) is 2.36. The van der Waals surface area contributed by atoms with E-state index in [1.54, 1.807) is 0 Å².